The topological polar surface area (TPSA) is 18.5 Å². The van der Waals surface area contributed by atoms with Crippen molar-refractivity contribution in [3.8, 4) is 0 Å². The van der Waals surface area contributed by atoms with E-state index in [1.807, 2.05) is 6.07 Å². The average molecular weight is 325 g/mol. The van der Waals surface area contributed by atoms with Gasteiger partial charge in [-0.2, -0.15) is 0 Å². The molecule has 0 unspecified atom stereocenters. The fourth-order valence-corrected chi connectivity index (χ4v) is 3.09. The van der Waals surface area contributed by atoms with Gasteiger partial charge in [0.05, 0.1) is 0 Å². The number of benzene rings is 2. The highest BCUT2D eigenvalue weighted by molar-refractivity contribution is 7.80. The van der Waals surface area contributed by atoms with Crippen LogP contribution < -0.4 is 5.32 Å². The summed E-state index contributed by atoms with van der Waals surface area (Å²) < 4.78 is 0. The van der Waals surface area contributed by atoms with Crippen molar-refractivity contribution >= 4 is 17.3 Å². The fourth-order valence-electron chi connectivity index (χ4n) is 2.84. The molecule has 0 spiro atoms. The second-order valence-electron chi connectivity index (χ2n) is 5.89. The molecule has 3 rings (SSSR count). The molecule has 1 fully saturated rings. The first-order chi connectivity index (χ1) is 11.3. The quantitative estimate of drug-likeness (QED) is 0.871. The van der Waals surface area contributed by atoms with E-state index >= 15 is 0 Å². The first-order valence-electron chi connectivity index (χ1n) is 8.14. The van der Waals surface area contributed by atoms with Gasteiger partial charge in [-0.3, -0.25) is 4.90 Å². The molecule has 0 aliphatic carbocycles. The van der Waals surface area contributed by atoms with Crippen LogP contribution in [0.15, 0.2) is 60.7 Å². The molecule has 1 aliphatic rings. The Morgan fingerprint density at radius 3 is 2.00 bits per heavy atom. The monoisotopic (exact) mass is 325 g/mol. The summed E-state index contributed by atoms with van der Waals surface area (Å²) >= 11 is 5.54. The third kappa shape index (κ3) is 4.78. The smallest absolute Gasteiger partial charge is 0.169 e. The molecule has 3 nitrogen and oxygen atoms in total. The summed E-state index contributed by atoms with van der Waals surface area (Å²) in [5.74, 6) is 0. The number of hydrogen-bond donors (Lipinski definition) is 1. The molecule has 0 amide bonds. The highest BCUT2D eigenvalue weighted by Gasteiger charge is 2.18. The Hall–Kier alpha value is -1.91. The summed E-state index contributed by atoms with van der Waals surface area (Å²) in [4.78, 5) is 4.77. The predicted molar refractivity (Wildman–Crippen MR) is 99.2 cm³/mol. The number of hydrogen-bond acceptors (Lipinski definition) is 2. The van der Waals surface area contributed by atoms with Gasteiger partial charge in [-0.15, -0.1) is 0 Å². The van der Waals surface area contributed by atoms with Crippen LogP contribution in [0.3, 0.4) is 0 Å². The van der Waals surface area contributed by atoms with Crippen LogP contribution in [-0.4, -0.2) is 41.1 Å². The van der Waals surface area contributed by atoms with Gasteiger partial charge in [-0.05, 0) is 23.3 Å². The number of rotatable bonds is 4. The van der Waals surface area contributed by atoms with Gasteiger partial charge >= 0.3 is 0 Å². The third-order valence-corrected chi connectivity index (χ3v) is 4.60. The maximum atomic E-state index is 5.54. The maximum absolute atomic E-state index is 5.54. The molecule has 0 bridgehead atoms. The Balaban J connectivity index is 1.42. The van der Waals surface area contributed by atoms with Crippen LogP contribution in [0.5, 0.6) is 0 Å². The number of nitrogens with zero attached hydrogens (tertiary/aromatic N) is 2. The summed E-state index contributed by atoms with van der Waals surface area (Å²) in [5.41, 5.74) is 2.64. The summed E-state index contributed by atoms with van der Waals surface area (Å²) in [5, 5.41) is 4.24. The summed E-state index contributed by atoms with van der Waals surface area (Å²) in [6.07, 6.45) is 0. The van der Waals surface area contributed by atoms with Crippen molar-refractivity contribution in [2.24, 2.45) is 0 Å². The predicted octanol–water partition coefficient (Wildman–Crippen LogP) is 2.88. The molecule has 0 radical (unpaired) electrons. The molecule has 0 atom stereocenters. The lowest BCUT2D eigenvalue weighted by molar-refractivity contribution is 0.174. The van der Waals surface area contributed by atoms with E-state index in [2.05, 4.69) is 69.7 Å². The summed E-state index contributed by atoms with van der Waals surface area (Å²) in [6.45, 7) is 5.92. The van der Waals surface area contributed by atoms with Crippen molar-refractivity contribution in [2.45, 2.75) is 13.1 Å². The van der Waals surface area contributed by atoms with E-state index in [9.17, 15) is 0 Å². The maximum Gasteiger partial charge on any atom is 0.169 e. The second-order valence-corrected chi connectivity index (χ2v) is 6.28. The zero-order valence-corrected chi connectivity index (χ0v) is 14.1. The van der Waals surface area contributed by atoms with Crippen LogP contribution in [0.25, 0.3) is 0 Å². The van der Waals surface area contributed by atoms with E-state index in [4.69, 9.17) is 12.2 Å². The second kappa shape index (κ2) is 8.09. The highest BCUT2D eigenvalue weighted by Crippen LogP contribution is 2.09. The Kier molecular flexibility index (Phi) is 5.61. The number of thiocarbonyl (C=S) groups is 1. The number of nitrogens with one attached hydrogen (secondary N) is 1. The minimum Gasteiger partial charge on any atom is -0.358 e. The van der Waals surface area contributed by atoms with Gasteiger partial charge < -0.3 is 10.2 Å². The molecule has 0 saturated carbocycles. The largest absolute Gasteiger partial charge is 0.358 e. The zero-order chi connectivity index (χ0) is 15.9. The van der Waals surface area contributed by atoms with E-state index in [0.29, 0.717) is 0 Å². The van der Waals surface area contributed by atoms with Crippen LogP contribution in [-0.2, 0) is 13.1 Å². The molecule has 1 aliphatic heterocycles. The third-order valence-electron chi connectivity index (χ3n) is 4.20. The normalized spacial score (nSPS) is 15.4. The Labute approximate surface area is 143 Å². The van der Waals surface area contributed by atoms with Crippen molar-refractivity contribution < 1.29 is 0 Å². The Bertz CT molecular complexity index is 607. The van der Waals surface area contributed by atoms with E-state index in [1.165, 1.54) is 11.1 Å². The molecular weight excluding hydrogens is 302 g/mol. The lowest BCUT2D eigenvalue weighted by Crippen LogP contribution is -2.51. The van der Waals surface area contributed by atoms with E-state index in [0.717, 1.165) is 44.4 Å². The summed E-state index contributed by atoms with van der Waals surface area (Å²) in [6, 6.07) is 21.1. The van der Waals surface area contributed by atoms with Crippen LogP contribution in [0.1, 0.15) is 11.1 Å². The van der Waals surface area contributed by atoms with Gasteiger partial charge in [0, 0.05) is 39.3 Å². The van der Waals surface area contributed by atoms with Crippen LogP contribution >= 0.6 is 12.2 Å². The first kappa shape index (κ1) is 16.0. The van der Waals surface area contributed by atoms with E-state index < -0.39 is 0 Å². The molecule has 1 saturated heterocycles. The minimum absolute atomic E-state index is 0.796. The average Bonchev–Trinajstić information content (AvgIpc) is 2.62. The Morgan fingerprint density at radius 1 is 0.826 bits per heavy atom. The molecule has 2 aromatic rings. The lowest BCUT2D eigenvalue weighted by atomic mass is 10.2. The standard InChI is InChI=1S/C19H23N3S/c23-19(20-15-17-7-3-1-4-8-17)22-13-11-21(12-14-22)16-18-9-5-2-6-10-18/h1-10H,11-16H2,(H,20,23). The first-order valence-corrected chi connectivity index (χ1v) is 8.55. The van der Waals surface area contributed by atoms with Crippen molar-refractivity contribution in [2.75, 3.05) is 26.2 Å². The van der Waals surface area contributed by atoms with Gasteiger partial charge in [0.1, 0.15) is 0 Å². The minimum atomic E-state index is 0.796. The lowest BCUT2D eigenvalue weighted by Gasteiger charge is -2.36. The van der Waals surface area contributed by atoms with Gasteiger partial charge in [-0.25, -0.2) is 0 Å². The van der Waals surface area contributed by atoms with Gasteiger partial charge in [0.25, 0.3) is 0 Å². The van der Waals surface area contributed by atoms with Crippen LogP contribution in [0, 0.1) is 0 Å². The summed E-state index contributed by atoms with van der Waals surface area (Å²) in [7, 11) is 0. The molecule has 4 heteroatoms. The molecule has 120 valence electrons. The van der Waals surface area contributed by atoms with E-state index in [1.54, 1.807) is 0 Å². The van der Waals surface area contributed by atoms with Gasteiger partial charge in [-0.1, -0.05) is 60.7 Å². The molecule has 23 heavy (non-hydrogen) atoms. The molecular formula is C19H23N3S. The SMILES string of the molecule is S=C(NCc1ccccc1)N1CCN(Cc2ccccc2)CC1. The molecule has 0 aromatic heterocycles. The van der Waals surface area contributed by atoms with Crippen molar-refractivity contribution in [3.05, 3.63) is 71.8 Å². The molecule has 1 N–H and O–H groups in total. The van der Waals surface area contributed by atoms with Gasteiger partial charge in [0.15, 0.2) is 5.11 Å². The van der Waals surface area contributed by atoms with Gasteiger partial charge in [0.2, 0.25) is 0 Å². The Morgan fingerprint density at radius 2 is 1.39 bits per heavy atom. The van der Waals surface area contributed by atoms with Crippen molar-refractivity contribution in [1.82, 2.24) is 15.1 Å². The molecule has 1 heterocycles. The zero-order valence-electron chi connectivity index (χ0n) is 13.3. The molecule has 2 aromatic carbocycles. The van der Waals surface area contributed by atoms with Crippen molar-refractivity contribution in [3.63, 3.8) is 0 Å². The fraction of sp³-hybridized carbons (Fsp3) is 0.316. The highest BCUT2D eigenvalue weighted by atomic mass is 32.1. The van der Waals surface area contributed by atoms with Crippen LogP contribution in [0.4, 0.5) is 0 Å². The van der Waals surface area contributed by atoms with E-state index in [-0.39, 0.29) is 0 Å². The number of piperazine rings is 1. The van der Waals surface area contributed by atoms with Crippen molar-refractivity contribution in [1.29, 1.82) is 0 Å². The van der Waals surface area contributed by atoms with Crippen LogP contribution in [0.2, 0.25) is 0 Å².